The summed E-state index contributed by atoms with van der Waals surface area (Å²) in [6.07, 6.45) is 2.12. The van der Waals surface area contributed by atoms with Crippen molar-refractivity contribution in [2.24, 2.45) is 5.73 Å². The zero-order valence-corrected chi connectivity index (χ0v) is 9.10. The second-order valence-corrected chi connectivity index (χ2v) is 4.04. The van der Waals surface area contributed by atoms with Crippen molar-refractivity contribution >= 4 is 11.8 Å². The number of nitrogens with zero attached hydrogens (tertiary/aromatic N) is 2. The van der Waals surface area contributed by atoms with Crippen molar-refractivity contribution in [3.8, 4) is 0 Å². The van der Waals surface area contributed by atoms with E-state index in [0.29, 0.717) is 0 Å². The van der Waals surface area contributed by atoms with Crippen LogP contribution in [-0.4, -0.2) is 22.1 Å². The molecule has 0 radical (unpaired) electrons. The molecule has 0 spiro atoms. The molecule has 0 fully saturated rings. The van der Waals surface area contributed by atoms with Gasteiger partial charge in [0, 0.05) is 36.4 Å². The smallest absolute Gasteiger partial charge is 0.0634 e. The number of rotatable bonds is 5. The van der Waals surface area contributed by atoms with Crippen LogP contribution in [0.3, 0.4) is 0 Å². The lowest BCUT2D eigenvalue weighted by Crippen LogP contribution is -2.01. The Morgan fingerprint density at radius 3 is 2.92 bits per heavy atom. The summed E-state index contributed by atoms with van der Waals surface area (Å²) < 4.78 is 1.98. The van der Waals surface area contributed by atoms with E-state index < -0.39 is 0 Å². The summed E-state index contributed by atoms with van der Waals surface area (Å²) in [6, 6.07) is 0. The highest BCUT2D eigenvalue weighted by Gasteiger charge is 2.02. The molecule has 0 atom stereocenters. The topological polar surface area (TPSA) is 43.8 Å². The van der Waals surface area contributed by atoms with Gasteiger partial charge in [0.1, 0.15) is 0 Å². The van der Waals surface area contributed by atoms with Gasteiger partial charge in [-0.15, -0.1) is 0 Å². The van der Waals surface area contributed by atoms with Crippen LogP contribution in [-0.2, 0) is 12.3 Å². The third-order valence-corrected chi connectivity index (χ3v) is 2.93. The van der Waals surface area contributed by atoms with Crippen LogP contribution in [0.4, 0.5) is 0 Å². The van der Waals surface area contributed by atoms with Gasteiger partial charge in [-0.05, 0) is 13.8 Å². The van der Waals surface area contributed by atoms with Gasteiger partial charge in [-0.1, -0.05) is 0 Å². The van der Waals surface area contributed by atoms with E-state index in [0.717, 1.165) is 30.3 Å². The molecule has 0 amide bonds. The molecule has 1 aromatic rings. The predicted octanol–water partition coefficient (Wildman–Crippen LogP) is 1.40. The lowest BCUT2D eigenvalue weighted by atomic mass is 10.3. The molecule has 0 saturated carbocycles. The number of nitrogens with two attached hydrogens (primary N) is 1. The van der Waals surface area contributed by atoms with E-state index >= 15 is 0 Å². The van der Waals surface area contributed by atoms with Crippen molar-refractivity contribution in [1.29, 1.82) is 0 Å². The minimum absolute atomic E-state index is 0.756. The third kappa shape index (κ3) is 3.04. The first-order chi connectivity index (χ1) is 6.27. The van der Waals surface area contributed by atoms with E-state index in [1.165, 1.54) is 5.56 Å². The molecule has 2 N–H and O–H groups in total. The van der Waals surface area contributed by atoms with Gasteiger partial charge in [0.25, 0.3) is 0 Å². The third-order valence-electron chi connectivity index (χ3n) is 1.89. The van der Waals surface area contributed by atoms with E-state index in [-0.39, 0.29) is 0 Å². The largest absolute Gasteiger partial charge is 0.330 e. The molecule has 13 heavy (non-hydrogen) atoms. The molecule has 1 heterocycles. The molecule has 74 valence electrons. The van der Waals surface area contributed by atoms with Gasteiger partial charge in [-0.3, -0.25) is 4.68 Å². The molecule has 0 aliphatic heterocycles. The highest BCUT2D eigenvalue weighted by atomic mass is 32.2. The first-order valence-electron chi connectivity index (χ1n) is 4.58. The van der Waals surface area contributed by atoms with Gasteiger partial charge in [-0.25, -0.2) is 0 Å². The summed E-state index contributed by atoms with van der Waals surface area (Å²) in [6.45, 7) is 5.86. The van der Waals surface area contributed by atoms with Crippen molar-refractivity contribution in [2.75, 3.05) is 12.3 Å². The summed E-state index contributed by atoms with van der Waals surface area (Å²) in [5, 5.41) is 4.38. The predicted molar refractivity (Wildman–Crippen MR) is 57.9 cm³/mol. The Labute approximate surface area is 83.7 Å². The van der Waals surface area contributed by atoms with E-state index in [1.54, 1.807) is 0 Å². The van der Waals surface area contributed by atoms with Crippen LogP contribution in [0.25, 0.3) is 0 Å². The van der Waals surface area contributed by atoms with Crippen LogP contribution in [0.15, 0.2) is 6.20 Å². The number of hydrogen-bond donors (Lipinski definition) is 1. The van der Waals surface area contributed by atoms with Gasteiger partial charge in [0.15, 0.2) is 0 Å². The fraction of sp³-hybridized carbons (Fsp3) is 0.667. The molecule has 1 rings (SSSR count). The van der Waals surface area contributed by atoms with Crippen molar-refractivity contribution in [1.82, 2.24) is 9.78 Å². The lowest BCUT2D eigenvalue weighted by molar-refractivity contribution is 0.653. The van der Waals surface area contributed by atoms with Gasteiger partial charge >= 0.3 is 0 Å². The summed E-state index contributed by atoms with van der Waals surface area (Å²) >= 11 is 1.87. The summed E-state index contributed by atoms with van der Waals surface area (Å²) in [5.74, 6) is 2.06. The normalized spacial score (nSPS) is 10.7. The van der Waals surface area contributed by atoms with Crippen molar-refractivity contribution in [2.45, 2.75) is 26.1 Å². The molecule has 0 bridgehead atoms. The van der Waals surface area contributed by atoms with Crippen molar-refractivity contribution in [3.63, 3.8) is 0 Å². The summed E-state index contributed by atoms with van der Waals surface area (Å²) in [4.78, 5) is 0. The van der Waals surface area contributed by atoms with Crippen molar-refractivity contribution in [3.05, 3.63) is 17.5 Å². The van der Waals surface area contributed by atoms with Gasteiger partial charge < -0.3 is 5.73 Å². The average Bonchev–Trinajstić information content (AvgIpc) is 2.48. The van der Waals surface area contributed by atoms with Gasteiger partial charge in [0.05, 0.1) is 5.69 Å². The average molecular weight is 199 g/mol. The van der Waals surface area contributed by atoms with Crippen LogP contribution < -0.4 is 5.73 Å². The maximum atomic E-state index is 5.42. The van der Waals surface area contributed by atoms with Crippen LogP contribution in [0, 0.1) is 6.92 Å². The second kappa shape index (κ2) is 5.29. The monoisotopic (exact) mass is 199 g/mol. The Bertz CT molecular complexity index is 257. The lowest BCUT2D eigenvalue weighted by Gasteiger charge is -1.96. The Balaban J connectivity index is 2.50. The van der Waals surface area contributed by atoms with E-state index in [4.69, 9.17) is 5.73 Å². The zero-order valence-electron chi connectivity index (χ0n) is 8.29. The van der Waals surface area contributed by atoms with E-state index in [1.807, 2.05) is 16.4 Å². The first-order valence-corrected chi connectivity index (χ1v) is 5.74. The Hall–Kier alpha value is -0.480. The maximum Gasteiger partial charge on any atom is 0.0634 e. The number of aromatic nitrogens is 2. The summed E-state index contributed by atoms with van der Waals surface area (Å²) in [5.41, 5.74) is 7.90. The van der Waals surface area contributed by atoms with Crippen LogP contribution in [0.1, 0.15) is 18.2 Å². The Kier molecular flexibility index (Phi) is 4.32. The Morgan fingerprint density at radius 2 is 2.38 bits per heavy atom. The van der Waals surface area contributed by atoms with Crippen LogP contribution in [0.2, 0.25) is 0 Å². The number of hydrogen-bond acceptors (Lipinski definition) is 3. The van der Waals surface area contributed by atoms with Crippen molar-refractivity contribution < 1.29 is 0 Å². The van der Waals surface area contributed by atoms with Crippen LogP contribution in [0.5, 0.6) is 0 Å². The molecule has 0 saturated heterocycles. The Morgan fingerprint density at radius 1 is 1.62 bits per heavy atom. The number of thioether (sulfide) groups is 1. The highest BCUT2D eigenvalue weighted by Crippen LogP contribution is 2.14. The first kappa shape index (κ1) is 10.6. The van der Waals surface area contributed by atoms with Crippen LogP contribution >= 0.6 is 11.8 Å². The molecule has 0 aliphatic carbocycles. The molecule has 1 aromatic heterocycles. The standard InChI is InChI=1S/C9H17N3S/c1-3-12-6-9(8(2)11-12)7-13-5-4-10/h6H,3-5,7,10H2,1-2H3. The van der Waals surface area contributed by atoms with Gasteiger partial charge in [0.2, 0.25) is 0 Å². The fourth-order valence-corrected chi connectivity index (χ4v) is 1.94. The molecule has 3 nitrogen and oxygen atoms in total. The molecule has 0 aromatic carbocycles. The summed E-state index contributed by atoms with van der Waals surface area (Å²) in [7, 11) is 0. The SMILES string of the molecule is CCn1cc(CSCCN)c(C)n1. The number of aryl methyl sites for hydroxylation is 2. The molecule has 4 heteroatoms. The maximum absolute atomic E-state index is 5.42. The zero-order chi connectivity index (χ0) is 9.68. The molecular weight excluding hydrogens is 182 g/mol. The minimum Gasteiger partial charge on any atom is -0.330 e. The van der Waals surface area contributed by atoms with E-state index in [2.05, 4.69) is 25.1 Å². The van der Waals surface area contributed by atoms with Gasteiger partial charge in [-0.2, -0.15) is 16.9 Å². The fourth-order valence-electron chi connectivity index (χ4n) is 1.13. The second-order valence-electron chi connectivity index (χ2n) is 2.94. The molecule has 0 aliphatic rings. The molecule has 0 unspecified atom stereocenters. The molecular formula is C9H17N3S. The highest BCUT2D eigenvalue weighted by molar-refractivity contribution is 7.98. The minimum atomic E-state index is 0.756. The van der Waals surface area contributed by atoms with E-state index in [9.17, 15) is 0 Å². The quantitative estimate of drug-likeness (QED) is 0.729.